The Hall–Kier alpha value is -5.92. The van der Waals surface area contributed by atoms with Crippen LogP contribution in [0.3, 0.4) is 0 Å². The molecule has 2 aromatic carbocycles. The van der Waals surface area contributed by atoms with Crippen molar-refractivity contribution in [2.75, 3.05) is 14.2 Å². The molecule has 0 spiro atoms. The lowest BCUT2D eigenvalue weighted by Crippen LogP contribution is -2.54. The second-order valence-corrected chi connectivity index (χ2v) is 17.1. The molecule has 2 aliphatic heterocycles. The van der Waals surface area contributed by atoms with Crippen molar-refractivity contribution in [3.05, 3.63) is 84.2 Å². The van der Waals surface area contributed by atoms with Gasteiger partial charge in [0.15, 0.2) is 0 Å². The van der Waals surface area contributed by atoms with Crippen LogP contribution < -0.4 is 10.6 Å². The van der Waals surface area contributed by atoms with Gasteiger partial charge in [0.1, 0.15) is 23.7 Å². The molecule has 2 saturated heterocycles. The van der Waals surface area contributed by atoms with E-state index in [4.69, 9.17) is 19.4 Å². The number of rotatable bonds is 11. The Morgan fingerprint density at radius 1 is 0.678 bits per heavy atom. The van der Waals surface area contributed by atoms with Crippen LogP contribution in [-0.2, 0) is 19.1 Å². The zero-order valence-corrected chi connectivity index (χ0v) is 34.5. The van der Waals surface area contributed by atoms with Gasteiger partial charge in [-0.25, -0.2) is 19.6 Å². The lowest BCUT2D eigenvalue weighted by atomic mass is 9.95. The molecule has 59 heavy (non-hydrogen) atoms. The molecule has 4 fully saturated rings. The molecular formula is C45H54N8O6. The Morgan fingerprint density at radius 3 is 1.56 bits per heavy atom. The number of likely N-dealkylation sites (tertiary alicyclic amines) is 2. The monoisotopic (exact) mass is 802 g/mol. The fourth-order valence-corrected chi connectivity index (χ4v) is 9.98. The Morgan fingerprint density at radius 2 is 1.12 bits per heavy atom. The summed E-state index contributed by atoms with van der Waals surface area (Å²) in [5, 5.41) is 5.47. The van der Waals surface area contributed by atoms with Gasteiger partial charge in [-0.3, -0.25) is 9.59 Å². The second-order valence-electron chi connectivity index (χ2n) is 17.1. The number of hydrogen-bond donors (Lipinski definition) is 4. The molecule has 14 heteroatoms. The van der Waals surface area contributed by atoms with Gasteiger partial charge in [0.25, 0.3) is 0 Å². The van der Waals surface area contributed by atoms with Crippen LogP contribution in [0.15, 0.2) is 72.6 Å². The Balaban J connectivity index is 0.954. The number of ether oxygens (including phenoxy) is 2. The Kier molecular flexibility index (Phi) is 11.1. The number of imidazole rings is 2. The Labute approximate surface area is 344 Å². The number of nitrogens with one attached hydrogen (secondary N) is 4. The van der Waals surface area contributed by atoms with Crippen molar-refractivity contribution in [3.63, 3.8) is 0 Å². The molecule has 0 radical (unpaired) electrons. The number of aromatic nitrogens is 4. The summed E-state index contributed by atoms with van der Waals surface area (Å²) in [4.78, 5) is 72.7. The number of carbonyl (C=O) groups excluding carboxylic acids is 4. The lowest BCUT2D eigenvalue weighted by molar-refractivity contribution is -0.139. The summed E-state index contributed by atoms with van der Waals surface area (Å²) in [6.45, 7) is 7.66. The van der Waals surface area contributed by atoms with Gasteiger partial charge in [0.2, 0.25) is 11.8 Å². The van der Waals surface area contributed by atoms with E-state index in [-0.39, 0.29) is 41.9 Å². The third-order valence-corrected chi connectivity index (χ3v) is 12.8. The number of H-pyrrole nitrogens is 2. The molecule has 4 bridgehead atoms. The van der Waals surface area contributed by atoms with Crippen LogP contribution in [0.5, 0.6) is 0 Å². The summed E-state index contributed by atoms with van der Waals surface area (Å²) >= 11 is 0. The van der Waals surface area contributed by atoms with Crippen molar-refractivity contribution >= 4 is 24.0 Å². The van der Waals surface area contributed by atoms with Gasteiger partial charge in [-0.15, -0.1) is 0 Å². The average Bonchev–Trinajstić information content (AvgIpc) is 4.11. The first-order valence-corrected chi connectivity index (χ1v) is 20.7. The minimum Gasteiger partial charge on any atom is -0.453 e. The van der Waals surface area contributed by atoms with E-state index < -0.39 is 24.3 Å². The van der Waals surface area contributed by atoms with Crippen LogP contribution in [0.4, 0.5) is 9.59 Å². The Bertz CT molecular complexity index is 2220. The highest BCUT2D eigenvalue weighted by atomic mass is 16.5. The third kappa shape index (κ3) is 7.72. The van der Waals surface area contributed by atoms with Gasteiger partial charge in [0, 0.05) is 12.1 Å². The van der Waals surface area contributed by atoms with E-state index in [1.807, 2.05) is 49.9 Å². The van der Waals surface area contributed by atoms with Gasteiger partial charge in [-0.05, 0) is 92.4 Å². The van der Waals surface area contributed by atoms with E-state index >= 15 is 0 Å². The molecule has 4 aromatic rings. The number of alkyl carbamates (subject to hydrolysis) is 2. The number of nitrogens with zero attached hydrogens (tertiary/aromatic N) is 4. The van der Waals surface area contributed by atoms with Crippen LogP contribution in [0.2, 0.25) is 0 Å². The molecular weight excluding hydrogens is 749 g/mol. The fraction of sp³-hybridized carbons (Fsp3) is 0.467. The van der Waals surface area contributed by atoms with E-state index in [9.17, 15) is 19.2 Å². The average molecular weight is 803 g/mol. The minimum atomic E-state index is -0.820. The summed E-state index contributed by atoms with van der Waals surface area (Å²) in [7, 11) is 2.60. The van der Waals surface area contributed by atoms with E-state index in [1.54, 1.807) is 6.08 Å². The summed E-state index contributed by atoms with van der Waals surface area (Å²) < 4.78 is 9.64. The number of benzene rings is 2. The van der Waals surface area contributed by atoms with Crippen LogP contribution in [0, 0.1) is 17.8 Å². The molecule has 4 aliphatic rings. The SMILES string of the molecule is COC(=O)NC(C=C(C)C)C(=O)N1C2CCC(C2)C1c1ncc(-c2ccc(-c3ccc(-c4cnc(C5C6CCC(C6)N5C(=O)C(NC(=O)OC)C(C)C)[nH]4)cc3)cc2)[nH]1. The summed E-state index contributed by atoms with van der Waals surface area (Å²) in [6, 6.07) is 15.0. The van der Waals surface area contributed by atoms with Crippen LogP contribution >= 0.6 is 0 Å². The number of piperidine rings is 2. The van der Waals surface area contributed by atoms with Crippen molar-refractivity contribution < 1.29 is 28.7 Å². The van der Waals surface area contributed by atoms with Crippen molar-refractivity contribution in [2.24, 2.45) is 17.8 Å². The van der Waals surface area contributed by atoms with Gasteiger partial charge < -0.3 is 39.9 Å². The van der Waals surface area contributed by atoms with Crippen LogP contribution in [-0.4, -0.2) is 92.1 Å². The first-order chi connectivity index (χ1) is 28.4. The summed E-state index contributed by atoms with van der Waals surface area (Å²) in [5.41, 5.74) is 6.78. The van der Waals surface area contributed by atoms with E-state index in [1.165, 1.54) is 14.2 Å². The molecule has 8 atom stereocenters. The van der Waals surface area contributed by atoms with Gasteiger partial charge in [-0.2, -0.15) is 0 Å². The zero-order chi connectivity index (χ0) is 41.5. The fourth-order valence-electron chi connectivity index (χ4n) is 9.98. The second kappa shape index (κ2) is 16.4. The first kappa shape index (κ1) is 39.9. The van der Waals surface area contributed by atoms with Crippen molar-refractivity contribution in [3.8, 4) is 33.6 Å². The predicted octanol–water partition coefficient (Wildman–Crippen LogP) is 7.31. The normalized spacial score (nSPS) is 23.9. The maximum atomic E-state index is 14.0. The number of allylic oxidation sites excluding steroid dienone is 1. The molecule has 2 aliphatic carbocycles. The molecule has 8 unspecified atom stereocenters. The maximum absolute atomic E-state index is 14.0. The van der Waals surface area contributed by atoms with Gasteiger partial charge in [0.05, 0.1) is 50.1 Å². The highest BCUT2D eigenvalue weighted by Gasteiger charge is 2.52. The van der Waals surface area contributed by atoms with Crippen molar-refractivity contribution in [1.82, 2.24) is 40.4 Å². The standard InChI is InChI=1S/C45H54N8O6/c1-24(2)19-34(50-44(56)58-5)42(54)52-32-17-15-30(20-32)38(52)40-46-22-35(48-40)28-11-7-26(8-12-28)27-9-13-29(14-10-27)36-23-47-41(49-36)39-31-16-18-33(21-31)53(39)43(55)37(25(3)4)51-45(57)59-6/h7-14,19,22-23,25,30-34,37-39H,15-18,20-21H2,1-6H3,(H,46,48)(H,47,49)(H,50,56)(H,51,57). The number of methoxy groups -OCH3 is 2. The topological polar surface area (TPSA) is 175 Å². The molecule has 2 aromatic heterocycles. The quantitative estimate of drug-likeness (QED) is 0.114. The molecule has 14 nitrogen and oxygen atoms in total. The summed E-state index contributed by atoms with van der Waals surface area (Å²) in [6.07, 6.45) is 9.99. The highest BCUT2D eigenvalue weighted by Crippen LogP contribution is 2.51. The number of amides is 4. The molecule has 4 heterocycles. The van der Waals surface area contributed by atoms with Crippen molar-refractivity contribution in [1.29, 1.82) is 0 Å². The van der Waals surface area contributed by atoms with Gasteiger partial charge in [-0.1, -0.05) is 74.0 Å². The summed E-state index contributed by atoms with van der Waals surface area (Å²) in [5.74, 6) is 1.78. The molecule has 4 N–H and O–H groups in total. The smallest absolute Gasteiger partial charge is 0.407 e. The predicted molar refractivity (Wildman–Crippen MR) is 221 cm³/mol. The first-order valence-electron chi connectivity index (χ1n) is 20.7. The molecule has 310 valence electrons. The van der Waals surface area contributed by atoms with E-state index in [0.29, 0.717) is 11.8 Å². The maximum Gasteiger partial charge on any atom is 0.407 e. The largest absolute Gasteiger partial charge is 0.453 e. The zero-order valence-electron chi connectivity index (χ0n) is 34.5. The highest BCUT2D eigenvalue weighted by molar-refractivity contribution is 5.89. The lowest BCUT2D eigenvalue weighted by Gasteiger charge is -2.37. The van der Waals surface area contributed by atoms with E-state index in [2.05, 4.69) is 69.1 Å². The number of hydrogen-bond acceptors (Lipinski definition) is 8. The number of carbonyl (C=O) groups is 4. The molecule has 2 saturated carbocycles. The van der Waals surface area contributed by atoms with Crippen LogP contribution in [0.25, 0.3) is 33.6 Å². The third-order valence-electron chi connectivity index (χ3n) is 12.8. The number of aromatic amines is 2. The number of fused-ring (bicyclic) bond motifs is 4. The van der Waals surface area contributed by atoms with Crippen molar-refractivity contribution in [2.45, 2.75) is 102 Å². The molecule has 8 rings (SSSR count). The molecule has 4 amide bonds. The van der Waals surface area contributed by atoms with E-state index in [0.717, 1.165) is 89.4 Å². The van der Waals surface area contributed by atoms with Gasteiger partial charge >= 0.3 is 12.2 Å². The minimum absolute atomic E-state index is 0.0945. The van der Waals surface area contributed by atoms with Crippen LogP contribution in [0.1, 0.15) is 90.0 Å².